The summed E-state index contributed by atoms with van der Waals surface area (Å²) in [6, 6.07) is 10.9. The molecule has 10 nitrogen and oxygen atoms in total. The zero-order valence-electron chi connectivity index (χ0n) is 19.7. The van der Waals surface area contributed by atoms with Gasteiger partial charge in [-0.3, -0.25) is 9.59 Å². The van der Waals surface area contributed by atoms with Gasteiger partial charge in [-0.25, -0.2) is 10.4 Å². The van der Waals surface area contributed by atoms with Crippen LogP contribution in [-0.2, 0) is 25.7 Å². The van der Waals surface area contributed by atoms with Crippen LogP contribution in [0.1, 0.15) is 22.4 Å². The van der Waals surface area contributed by atoms with Crippen LogP contribution in [0.5, 0.6) is 5.75 Å². The van der Waals surface area contributed by atoms with Gasteiger partial charge in [0.1, 0.15) is 16.8 Å². The fraction of sp³-hybridized carbons (Fsp3) is 0.375. The van der Waals surface area contributed by atoms with Crippen molar-refractivity contribution in [3.63, 3.8) is 0 Å². The quantitative estimate of drug-likeness (QED) is 0.300. The van der Waals surface area contributed by atoms with Gasteiger partial charge in [0.2, 0.25) is 5.91 Å². The molecule has 1 aromatic carbocycles. The smallest absolute Gasteiger partial charge is 0.260 e. The van der Waals surface area contributed by atoms with Crippen molar-refractivity contribution >= 4 is 29.8 Å². The normalized spacial score (nSPS) is 13.5. The third-order valence-corrected chi connectivity index (χ3v) is 5.93. The van der Waals surface area contributed by atoms with Crippen LogP contribution in [0.4, 0.5) is 0 Å². The minimum Gasteiger partial charge on any atom is -0.484 e. The summed E-state index contributed by atoms with van der Waals surface area (Å²) in [5, 5.41) is 13.9. The Labute approximate surface area is 208 Å². The number of nitriles is 1. The molecule has 1 N–H and O–H groups in total. The van der Waals surface area contributed by atoms with Crippen LogP contribution < -0.4 is 10.2 Å². The molecule has 1 aliphatic rings. The molecule has 1 aromatic heterocycles. The lowest BCUT2D eigenvalue weighted by Gasteiger charge is -2.26. The molecule has 2 amide bonds. The van der Waals surface area contributed by atoms with Crippen molar-refractivity contribution in [1.82, 2.24) is 15.3 Å². The highest BCUT2D eigenvalue weighted by atomic mass is 32.2. The summed E-state index contributed by atoms with van der Waals surface area (Å²) in [6.45, 7) is 4.35. The Morgan fingerprint density at radius 2 is 2.06 bits per heavy atom. The van der Waals surface area contributed by atoms with E-state index in [1.165, 1.54) is 18.0 Å². The van der Waals surface area contributed by atoms with E-state index in [1.807, 2.05) is 6.92 Å². The third-order valence-electron chi connectivity index (χ3n) is 4.96. The first-order valence-corrected chi connectivity index (χ1v) is 11.9. The number of methoxy groups -OCH3 is 1. The maximum Gasteiger partial charge on any atom is 0.260 e. The summed E-state index contributed by atoms with van der Waals surface area (Å²) >= 11 is 1.17. The van der Waals surface area contributed by atoms with Gasteiger partial charge in [0.25, 0.3) is 5.91 Å². The van der Waals surface area contributed by atoms with Crippen LogP contribution in [0, 0.1) is 18.3 Å². The molecular formula is C24H27N5O5S. The number of carbonyl (C=O) groups excluding carboxylic acids is 2. The van der Waals surface area contributed by atoms with E-state index in [4.69, 9.17) is 14.2 Å². The monoisotopic (exact) mass is 497 g/mol. The number of ether oxygens (including phenoxy) is 3. The van der Waals surface area contributed by atoms with Crippen LogP contribution in [0.3, 0.4) is 0 Å². The maximum absolute atomic E-state index is 12.2. The standard InChI is InChI=1S/C24H27N5O5S/c1-17-11-19(14-32-2)21(12-25)24(27-17)35-16-22(30)28-26-13-18-3-5-20(6-4-18)34-15-23(31)29-7-9-33-10-8-29/h3-6,11,13H,7-10,14-16H2,1-2H3,(H,28,30)/b26-13+. The third kappa shape index (κ3) is 8.06. The molecule has 1 saturated heterocycles. The second-order valence-electron chi connectivity index (χ2n) is 7.58. The lowest BCUT2D eigenvalue weighted by Crippen LogP contribution is -2.42. The minimum atomic E-state index is -0.326. The van der Waals surface area contributed by atoms with Crippen molar-refractivity contribution in [3.05, 3.63) is 52.7 Å². The SMILES string of the molecule is COCc1cc(C)nc(SCC(=O)N/N=C/c2ccc(OCC(=O)N3CCOCC3)cc2)c1C#N. The largest absolute Gasteiger partial charge is 0.484 e. The topological polar surface area (TPSA) is 126 Å². The Balaban J connectivity index is 1.45. The summed E-state index contributed by atoms with van der Waals surface area (Å²) in [4.78, 5) is 30.4. The van der Waals surface area contributed by atoms with Crippen molar-refractivity contribution in [2.75, 3.05) is 45.8 Å². The Kier molecular flexibility index (Phi) is 10.0. The number of hydrogen-bond acceptors (Lipinski definition) is 9. The van der Waals surface area contributed by atoms with E-state index in [9.17, 15) is 14.9 Å². The van der Waals surface area contributed by atoms with Crippen molar-refractivity contribution in [1.29, 1.82) is 5.26 Å². The lowest BCUT2D eigenvalue weighted by molar-refractivity contribution is -0.137. The fourth-order valence-electron chi connectivity index (χ4n) is 3.25. The molecule has 0 bridgehead atoms. The summed E-state index contributed by atoms with van der Waals surface area (Å²) < 4.78 is 15.9. The van der Waals surface area contributed by atoms with Gasteiger partial charge >= 0.3 is 0 Å². The first kappa shape index (κ1) is 26.2. The summed E-state index contributed by atoms with van der Waals surface area (Å²) in [5.74, 6) is 0.222. The summed E-state index contributed by atoms with van der Waals surface area (Å²) in [7, 11) is 1.56. The van der Waals surface area contributed by atoms with E-state index < -0.39 is 0 Å². The van der Waals surface area contributed by atoms with Gasteiger partial charge in [-0.1, -0.05) is 11.8 Å². The second-order valence-corrected chi connectivity index (χ2v) is 8.54. The minimum absolute atomic E-state index is 0.0303. The van der Waals surface area contributed by atoms with Crippen LogP contribution in [0.2, 0.25) is 0 Å². The van der Waals surface area contributed by atoms with Crippen LogP contribution in [0.15, 0.2) is 40.5 Å². The maximum atomic E-state index is 12.2. The molecule has 35 heavy (non-hydrogen) atoms. The highest BCUT2D eigenvalue weighted by Gasteiger charge is 2.17. The number of carbonyl (C=O) groups is 2. The fourth-order valence-corrected chi connectivity index (χ4v) is 4.11. The number of thioether (sulfide) groups is 1. The number of rotatable bonds is 10. The Hall–Kier alpha value is -3.46. The highest BCUT2D eigenvalue weighted by Crippen LogP contribution is 2.24. The van der Waals surface area contributed by atoms with Gasteiger partial charge in [-0.15, -0.1) is 0 Å². The molecule has 0 radical (unpaired) electrons. The molecule has 3 rings (SSSR count). The van der Waals surface area contributed by atoms with Gasteiger partial charge < -0.3 is 19.1 Å². The van der Waals surface area contributed by atoms with E-state index in [1.54, 1.807) is 42.3 Å². The van der Waals surface area contributed by atoms with Gasteiger partial charge in [-0.2, -0.15) is 10.4 Å². The van der Waals surface area contributed by atoms with E-state index in [-0.39, 0.29) is 24.2 Å². The highest BCUT2D eigenvalue weighted by molar-refractivity contribution is 8.00. The first-order valence-electron chi connectivity index (χ1n) is 10.9. The molecule has 2 heterocycles. The number of morpholine rings is 1. The molecule has 2 aromatic rings. The summed E-state index contributed by atoms with van der Waals surface area (Å²) in [5.41, 5.74) is 5.11. The predicted octanol–water partition coefficient (Wildman–Crippen LogP) is 1.89. The molecule has 0 saturated carbocycles. The van der Waals surface area contributed by atoms with Crippen molar-refractivity contribution in [2.45, 2.75) is 18.6 Å². The number of pyridine rings is 1. The molecule has 0 aliphatic carbocycles. The van der Waals surface area contributed by atoms with E-state index >= 15 is 0 Å². The van der Waals surface area contributed by atoms with Crippen LogP contribution in [0.25, 0.3) is 0 Å². The number of nitrogens with zero attached hydrogens (tertiary/aromatic N) is 4. The summed E-state index contributed by atoms with van der Waals surface area (Å²) in [6.07, 6.45) is 1.51. The van der Waals surface area contributed by atoms with E-state index in [2.05, 4.69) is 21.6 Å². The molecule has 0 spiro atoms. The second kappa shape index (κ2) is 13.4. The Morgan fingerprint density at radius 1 is 1.31 bits per heavy atom. The van der Waals surface area contributed by atoms with Crippen LogP contribution in [-0.4, -0.2) is 73.7 Å². The van der Waals surface area contributed by atoms with Gasteiger partial charge in [0.15, 0.2) is 6.61 Å². The Bertz CT molecular complexity index is 1090. The zero-order chi connectivity index (χ0) is 25.0. The van der Waals surface area contributed by atoms with E-state index in [0.29, 0.717) is 49.2 Å². The number of benzene rings is 1. The van der Waals surface area contributed by atoms with E-state index in [0.717, 1.165) is 16.8 Å². The predicted molar refractivity (Wildman–Crippen MR) is 130 cm³/mol. The number of nitrogens with one attached hydrogen (secondary N) is 1. The molecular weight excluding hydrogens is 470 g/mol. The average molecular weight is 498 g/mol. The number of aryl methyl sites for hydroxylation is 1. The zero-order valence-corrected chi connectivity index (χ0v) is 20.5. The van der Waals surface area contributed by atoms with Crippen LogP contribution >= 0.6 is 11.8 Å². The molecule has 0 atom stereocenters. The molecule has 11 heteroatoms. The van der Waals surface area contributed by atoms with Gasteiger partial charge in [0, 0.05) is 25.9 Å². The van der Waals surface area contributed by atoms with Crippen molar-refractivity contribution in [2.24, 2.45) is 5.10 Å². The number of hydrazone groups is 1. The molecule has 184 valence electrons. The molecule has 1 fully saturated rings. The van der Waals surface area contributed by atoms with Gasteiger partial charge in [0.05, 0.1) is 37.4 Å². The molecule has 0 unspecified atom stereocenters. The van der Waals surface area contributed by atoms with Gasteiger partial charge in [-0.05, 0) is 48.4 Å². The lowest BCUT2D eigenvalue weighted by atomic mass is 10.1. The molecule has 1 aliphatic heterocycles. The Morgan fingerprint density at radius 3 is 2.74 bits per heavy atom. The number of hydrogen-bond donors (Lipinski definition) is 1. The number of amides is 2. The van der Waals surface area contributed by atoms with Crippen molar-refractivity contribution < 1.29 is 23.8 Å². The average Bonchev–Trinajstić information content (AvgIpc) is 2.87. The number of aromatic nitrogens is 1. The van der Waals surface area contributed by atoms with Crippen molar-refractivity contribution in [3.8, 4) is 11.8 Å². The first-order chi connectivity index (χ1) is 17.0.